The predicted octanol–water partition coefficient (Wildman–Crippen LogP) is 2.84. The fourth-order valence-corrected chi connectivity index (χ4v) is 1.77. The minimum atomic E-state index is -0.458. The summed E-state index contributed by atoms with van der Waals surface area (Å²) in [4.78, 5) is 22.8. The van der Waals surface area contributed by atoms with Gasteiger partial charge >= 0.3 is 0 Å². The second kappa shape index (κ2) is 5.25. The highest BCUT2D eigenvalue weighted by Gasteiger charge is 2.23. The molecular formula is C14H12O3. The van der Waals surface area contributed by atoms with Crippen molar-refractivity contribution in [1.82, 2.24) is 0 Å². The summed E-state index contributed by atoms with van der Waals surface area (Å²) >= 11 is 0. The number of carbonyl (C=O) groups is 2. The van der Waals surface area contributed by atoms with E-state index in [9.17, 15) is 9.59 Å². The van der Waals surface area contributed by atoms with E-state index in [1.54, 1.807) is 12.1 Å². The van der Waals surface area contributed by atoms with Crippen molar-refractivity contribution in [3.8, 4) is 0 Å². The first-order valence-electron chi connectivity index (χ1n) is 5.39. The summed E-state index contributed by atoms with van der Waals surface area (Å²) in [5.74, 6) is -0.325. The summed E-state index contributed by atoms with van der Waals surface area (Å²) in [6.07, 6.45) is 2.39. The number of Topliss-reactive ketones (excluding diaryl/α,β-unsaturated/α-hetero) is 1. The first-order chi connectivity index (χ1) is 8.33. The smallest absolute Gasteiger partial charge is 0.205 e. The van der Waals surface area contributed by atoms with E-state index in [0.29, 0.717) is 5.76 Å². The lowest BCUT2D eigenvalue weighted by Crippen LogP contribution is -2.12. The molecule has 0 saturated heterocycles. The van der Waals surface area contributed by atoms with Crippen molar-refractivity contribution in [3.05, 3.63) is 60.1 Å². The first kappa shape index (κ1) is 11.3. The Labute approximate surface area is 99.1 Å². The lowest BCUT2D eigenvalue weighted by molar-refractivity contribution is -0.108. The standard InChI is InChI=1S/C14H12O3/c15-9-8-12(11-5-2-1-3-6-11)14(16)13-7-4-10-17-13/h1-7,9-10,12H,8H2. The van der Waals surface area contributed by atoms with Gasteiger partial charge in [-0.25, -0.2) is 0 Å². The van der Waals surface area contributed by atoms with Gasteiger partial charge in [0.15, 0.2) is 5.76 Å². The van der Waals surface area contributed by atoms with Gasteiger partial charge in [0.1, 0.15) is 6.29 Å². The Balaban J connectivity index is 2.30. The van der Waals surface area contributed by atoms with Gasteiger partial charge in [0.25, 0.3) is 0 Å². The Morgan fingerprint density at radius 3 is 2.53 bits per heavy atom. The van der Waals surface area contributed by atoms with Gasteiger partial charge in [0, 0.05) is 6.42 Å². The van der Waals surface area contributed by atoms with Gasteiger partial charge < -0.3 is 9.21 Å². The Bertz CT molecular complexity index is 485. The van der Waals surface area contributed by atoms with Crippen LogP contribution in [0.3, 0.4) is 0 Å². The summed E-state index contributed by atoms with van der Waals surface area (Å²) < 4.78 is 5.08. The Morgan fingerprint density at radius 2 is 1.94 bits per heavy atom. The second-order valence-electron chi connectivity index (χ2n) is 3.71. The average molecular weight is 228 g/mol. The second-order valence-corrected chi connectivity index (χ2v) is 3.71. The average Bonchev–Trinajstić information content (AvgIpc) is 2.90. The molecule has 86 valence electrons. The summed E-state index contributed by atoms with van der Waals surface area (Å²) in [5.41, 5.74) is 0.834. The van der Waals surface area contributed by atoms with Crippen LogP contribution in [-0.2, 0) is 4.79 Å². The van der Waals surface area contributed by atoms with Crippen LogP contribution in [0.5, 0.6) is 0 Å². The topological polar surface area (TPSA) is 47.3 Å². The molecule has 0 aliphatic rings. The zero-order valence-electron chi connectivity index (χ0n) is 9.21. The van der Waals surface area contributed by atoms with E-state index in [0.717, 1.165) is 11.8 Å². The van der Waals surface area contributed by atoms with Crippen LogP contribution in [-0.4, -0.2) is 12.1 Å². The molecule has 2 aromatic rings. The molecule has 0 saturated carbocycles. The number of furan rings is 1. The third kappa shape index (κ3) is 2.50. The number of benzene rings is 1. The Kier molecular flexibility index (Phi) is 3.50. The maximum absolute atomic E-state index is 12.1. The monoisotopic (exact) mass is 228 g/mol. The third-order valence-corrected chi connectivity index (χ3v) is 2.61. The molecule has 0 aliphatic heterocycles. The van der Waals surface area contributed by atoms with Crippen molar-refractivity contribution >= 4 is 12.1 Å². The van der Waals surface area contributed by atoms with Crippen molar-refractivity contribution in [2.24, 2.45) is 0 Å². The first-order valence-corrected chi connectivity index (χ1v) is 5.39. The molecule has 1 heterocycles. The number of carbonyl (C=O) groups excluding carboxylic acids is 2. The normalized spacial score (nSPS) is 12.0. The molecule has 1 unspecified atom stereocenters. The van der Waals surface area contributed by atoms with Crippen molar-refractivity contribution in [3.63, 3.8) is 0 Å². The molecule has 0 spiro atoms. The van der Waals surface area contributed by atoms with Gasteiger partial charge in [0.2, 0.25) is 5.78 Å². The molecule has 1 aromatic carbocycles. The molecular weight excluding hydrogens is 216 g/mol. The van der Waals surface area contributed by atoms with Gasteiger partial charge in [0.05, 0.1) is 12.2 Å². The summed E-state index contributed by atoms with van der Waals surface area (Å²) in [6.45, 7) is 0. The van der Waals surface area contributed by atoms with Crippen LogP contribution in [0.4, 0.5) is 0 Å². The van der Waals surface area contributed by atoms with Crippen LogP contribution in [0, 0.1) is 0 Å². The maximum Gasteiger partial charge on any atom is 0.205 e. The van der Waals surface area contributed by atoms with Gasteiger partial charge in [-0.15, -0.1) is 0 Å². The highest BCUT2D eigenvalue weighted by molar-refractivity contribution is 5.99. The number of hydrogen-bond donors (Lipinski definition) is 0. The number of hydrogen-bond acceptors (Lipinski definition) is 3. The Morgan fingerprint density at radius 1 is 1.18 bits per heavy atom. The quantitative estimate of drug-likeness (QED) is 0.584. The maximum atomic E-state index is 12.1. The van der Waals surface area contributed by atoms with Gasteiger partial charge in [-0.2, -0.15) is 0 Å². The fraction of sp³-hybridized carbons (Fsp3) is 0.143. The van der Waals surface area contributed by atoms with Crippen molar-refractivity contribution in [2.45, 2.75) is 12.3 Å². The molecule has 0 N–H and O–H groups in total. The van der Waals surface area contributed by atoms with E-state index in [2.05, 4.69) is 0 Å². The van der Waals surface area contributed by atoms with E-state index in [1.165, 1.54) is 6.26 Å². The minimum absolute atomic E-state index is 0.159. The van der Waals surface area contributed by atoms with Gasteiger partial charge in [-0.05, 0) is 17.7 Å². The SMILES string of the molecule is O=CCC(C(=O)c1ccco1)c1ccccc1. The number of aldehydes is 1. The number of ketones is 1. The zero-order valence-corrected chi connectivity index (χ0v) is 9.21. The van der Waals surface area contributed by atoms with Crippen LogP contribution < -0.4 is 0 Å². The van der Waals surface area contributed by atoms with Gasteiger partial charge in [-0.1, -0.05) is 30.3 Å². The van der Waals surface area contributed by atoms with Crippen LogP contribution in [0.2, 0.25) is 0 Å². The van der Waals surface area contributed by atoms with Crippen LogP contribution in [0.15, 0.2) is 53.1 Å². The molecule has 17 heavy (non-hydrogen) atoms. The lowest BCUT2D eigenvalue weighted by atomic mass is 9.91. The molecule has 0 aliphatic carbocycles. The van der Waals surface area contributed by atoms with E-state index in [4.69, 9.17) is 4.42 Å². The predicted molar refractivity (Wildman–Crippen MR) is 62.9 cm³/mol. The molecule has 3 nitrogen and oxygen atoms in total. The molecule has 2 rings (SSSR count). The molecule has 3 heteroatoms. The van der Waals surface area contributed by atoms with Gasteiger partial charge in [-0.3, -0.25) is 4.79 Å². The molecule has 0 bridgehead atoms. The highest BCUT2D eigenvalue weighted by atomic mass is 16.3. The lowest BCUT2D eigenvalue weighted by Gasteiger charge is -2.11. The van der Waals surface area contributed by atoms with Crippen LogP contribution in [0.1, 0.15) is 28.5 Å². The largest absolute Gasteiger partial charge is 0.461 e. The molecule has 1 aromatic heterocycles. The highest BCUT2D eigenvalue weighted by Crippen LogP contribution is 2.23. The van der Waals surface area contributed by atoms with E-state index >= 15 is 0 Å². The number of rotatable bonds is 5. The van der Waals surface area contributed by atoms with Crippen LogP contribution in [0.25, 0.3) is 0 Å². The molecule has 0 radical (unpaired) electrons. The zero-order chi connectivity index (χ0) is 12.1. The van der Waals surface area contributed by atoms with E-state index in [-0.39, 0.29) is 12.2 Å². The van der Waals surface area contributed by atoms with Crippen molar-refractivity contribution < 1.29 is 14.0 Å². The molecule has 0 fully saturated rings. The summed E-state index contributed by atoms with van der Waals surface area (Å²) in [7, 11) is 0. The summed E-state index contributed by atoms with van der Waals surface area (Å²) in [6, 6.07) is 12.5. The fourth-order valence-electron chi connectivity index (χ4n) is 1.77. The van der Waals surface area contributed by atoms with Crippen molar-refractivity contribution in [2.75, 3.05) is 0 Å². The Hall–Kier alpha value is -2.16. The van der Waals surface area contributed by atoms with E-state index < -0.39 is 5.92 Å². The van der Waals surface area contributed by atoms with E-state index in [1.807, 2.05) is 30.3 Å². The summed E-state index contributed by atoms with van der Waals surface area (Å²) in [5, 5.41) is 0. The third-order valence-electron chi connectivity index (χ3n) is 2.61. The molecule has 1 atom stereocenters. The molecule has 0 amide bonds. The van der Waals surface area contributed by atoms with Crippen LogP contribution >= 0.6 is 0 Å². The minimum Gasteiger partial charge on any atom is -0.461 e. The van der Waals surface area contributed by atoms with Crippen molar-refractivity contribution in [1.29, 1.82) is 0 Å².